The van der Waals surface area contributed by atoms with E-state index in [2.05, 4.69) is 58.4 Å². The van der Waals surface area contributed by atoms with Crippen molar-refractivity contribution in [2.45, 2.75) is 31.2 Å². The van der Waals surface area contributed by atoms with Crippen LogP contribution >= 0.6 is 34.7 Å². The lowest BCUT2D eigenvalue weighted by atomic mass is 10.2. The van der Waals surface area contributed by atoms with E-state index in [9.17, 15) is 13.2 Å². The SMILES string of the molecule is Cc1cccc(C)c1.Cc1nc(Nc2ccc(SC(F)(F)F)c(Cl)c2)c2nc(N)sc2n1. The van der Waals surface area contributed by atoms with Crippen LogP contribution in [0, 0.1) is 20.8 Å². The standard InChI is InChI=1S/C13H9ClF3N5S2.C8H10/c1-5-19-10(9-11(20-5)23-12(18)22-9)21-6-2-3-8(7(14)4-6)24-13(15,16)17;1-7-4-3-5-8(2)6-7/h2-4H,1H3,(H2,18,22)(H,19,20,21);3-6H,1-2H3. The summed E-state index contributed by atoms with van der Waals surface area (Å²) in [7, 11) is 0. The van der Waals surface area contributed by atoms with Crippen molar-refractivity contribution in [3.8, 4) is 0 Å². The molecule has 168 valence electrons. The highest BCUT2D eigenvalue weighted by molar-refractivity contribution is 8.00. The maximum Gasteiger partial charge on any atom is 0.446 e. The Balaban J connectivity index is 0.000000305. The summed E-state index contributed by atoms with van der Waals surface area (Å²) < 4.78 is 37.3. The highest BCUT2D eigenvalue weighted by Crippen LogP contribution is 2.41. The number of benzene rings is 2. The Hall–Kier alpha value is -2.56. The Morgan fingerprint density at radius 3 is 2.25 bits per heavy atom. The van der Waals surface area contributed by atoms with E-state index in [1.54, 1.807) is 6.92 Å². The summed E-state index contributed by atoms with van der Waals surface area (Å²) in [4.78, 5) is 13.2. The number of thiazole rings is 1. The molecule has 3 N–H and O–H groups in total. The van der Waals surface area contributed by atoms with E-state index < -0.39 is 5.51 Å². The zero-order valence-corrected chi connectivity index (χ0v) is 19.7. The number of nitrogens with one attached hydrogen (secondary N) is 1. The van der Waals surface area contributed by atoms with Gasteiger partial charge in [0.05, 0.1) is 5.02 Å². The Labute approximate surface area is 196 Å². The van der Waals surface area contributed by atoms with Crippen LogP contribution in [0.15, 0.2) is 47.4 Å². The van der Waals surface area contributed by atoms with E-state index in [0.717, 1.165) is 0 Å². The van der Waals surface area contributed by atoms with E-state index in [1.165, 1.54) is 40.7 Å². The molecule has 2 aromatic carbocycles. The van der Waals surface area contributed by atoms with E-state index in [4.69, 9.17) is 17.3 Å². The highest BCUT2D eigenvalue weighted by Gasteiger charge is 2.30. The van der Waals surface area contributed by atoms with Crippen molar-refractivity contribution in [3.63, 3.8) is 0 Å². The van der Waals surface area contributed by atoms with Crippen molar-refractivity contribution in [3.05, 3.63) is 64.4 Å². The fraction of sp³-hybridized carbons (Fsp3) is 0.190. The third-order valence-electron chi connectivity index (χ3n) is 3.98. The number of fused-ring (bicyclic) bond motifs is 1. The molecule has 0 radical (unpaired) electrons. The Bertz CT molecular complexity index is 1230. The molecular weight excluding hydrogens is 479 g/mol. The molecule has 4 rings (SSSR count). The molecule has 0 aliphatic heterocycles. The lowest BCUT2D eigenvalue weighted by molar-refractivity contribution is -0.0328. The molecule has 0 bridgehead atoms. The van der Waals surface area contributed by atoms with Gasteiger partial charge in [-0.1, -0.05) is 58.3 Å². The zero-order valence-electron chi connectivity index (χ0n) is 17.3. The third-order valence-corrected chi connectivity index (χ3v) is 5.99. The molecule has 0 amide bonds. The number of nitrogen functional groups attached to an aromatic ring is 1. The van der Waals surface area contributed by atoms with Crippen LogP contribution in [-0.2, 0) is 0 Å². The summed E-state index contributed by atoms with van der Waals surface area (Å²) in [6.07, 6.45) is 0. The van der Waals surface area contributed by atoms with Gasteiger partial charge in [-0.3, -0.25) is 0 Å². The highest BCUT2D eigenvalue weighted by atomic mass is 35.5. The van der Waals surface area contributed by atoms with Crippen molar-refractivity contribution >= 4 is 61.7 Å². The van der Waals surface area contributed by atoms with Gasteiger partial charge in [0, 0.05) is 10.6 Å². The molecule has 11 heteroatoms. The number of rotatable bonds is 3. The van der Waals surface area contributed by atoms with E-state index in [-0.39, 0.29) is 21.7 Å². The molecule has 0 aliphatic rings. The number of alkyl halides is 3. The Morgan fingerprint density at radius 2 is 1.69 bits per heavy atom. The Morgan fingerprint density at radius 1 is 1.00 bits per heavy atom. The van der Waals surface area contributed by atoms with Crippen LogP contribution < -0.4 is 11.1 Å². The second-order valence-corrected chi connectivity index (χ2v) is 9.32. The monoisotopic (exact) mass is 497 g/mol. The van der Waals surface area contributed by atoms with E-state index >= 15 is 0 Å². The molecule has 4 aromatic rings. The normalized spacial score (nSPS) is 11.2. The van der Waals surface area contributed by atoms with Crippen LogP contribution in [0.1, 0.15) is 17.0 Å². The predicted octanol–water partition coefficient (Wildman–Crippen LogP) is 7.29. The van der Waals surface area contributed by atoms with Gasteiger partial charge in [0.2, 0.25) is 0 Å². The third kappa shape index (κ3) is 6.72. The van der Waals surface area contributed by atoms with Crippen molar-refractivity contribution in [1.82, 2.24) is 15.0 Å². The van der Waals surface area contributed by atoms with Crippen LogP contribution in [-0.4, -0.2) is 20.5 Å². The number of aromatic nitrogens is 3. The summed E-state index contributed by atoms with van der Waals surface area (Å²) in [5, 5.41) is 3.33. The van der Waals surface area contributed by atoms with Gasteiger partial charge in [0.1, 0.15) is 11.3 Å². The average Bonchev–Trinajstić information content (AvgIpc) is 3.03. The lowest BCUT2D eigenvalue weighted by Crippen LogP contribution is -2.01. The van der Waals surface area contributed by atoms with Gasteiger partial charge < -0.3 is 11.1 Å². The Kier molecular flexibility index (Phi) is 7.47. The summed E-state index contributed by atoms with van der Waals surface area (Å²) in [6.45, 7) is 5.93. The van der Waals surface area contributed by atoms with Crippen molar-refractivity contribution in [2.75, 3.05) is 11.1 Å². The fourth-order valence-electron chi connectivity index (χ4n) is 2.76. The lowest BCUT2D eigenvalue weighted by Gasteiger charge is -2.10. The number of nitrogens with two attached hydrogens (primary N) is 1. The van der Waals surface area contributed by atoms with Gasteiger partial charge in [0.25, 0.3) is 0 Å². The van der Waals surface area contributed by atoms with Gasteiger partial charge in [0.15, 0.2) is 15.8 Å². The van der Waals surface area contributed by atoms with Crippen molar-refractivity contribution < 1.29 is 13.2 Å². The van der Waals surface area contributed by atoms with Gasteiger partial charge in [-0.2, -0.15) is 13.2 Å². The van der Waals surface area contributed by atoms with Crippen LogP contribution in [0.5, 0.6) is 0 Å². The minimum Gasteiger partial charge on any atom is -0.375 e. The maximum atomic E-state index is 12.4. The minimum absolute atomic E-state index is 0.0119. The molecular formula is C21H19ClF3N5S2. The van der Waals surface area contributed by atoms with Crippen LogP contribution in [0.2, 0.25) is 5.02 Å². The second-order valence-electron chi connectivity index (χ2n) is 6.80. The summed E-state index contributed by atoms with van der Waals surface area (Å²) in [6, 6.07) is 12.6. The van der Waals surface area contributed by atoms with Crippen molar-refractivity contribution in [2.24, 2.45) is 0 Å². The maximum absolute atomic E-state index is 12.4. The number of aryl methyl sites for hydroxylation is 3. The van der Waals surface area contributed by atoms with Crippen LogP contribution in [0.4, 0.5) is 29.8 Å². The number of nitrogens with zero attached hydrogens (tertiary/aromatic N) is 3. The molecule has 0 aliphatic carbocycles. The zero-order chi connectivity index (χ0) is 23.5. The average molecular weight is 498 g/mol. The smallest absolute Gasteiger partial charge is 0.375 e. The number of thioether (sulfide) groups is 1. The van der Waals surface area contributed by atoms with E-state index in [0.29, 0.717) is 32.8 Å². The minimum atomic E-state index is -4.40. The first-order chi connectivity index (χ1) is 15.0. The topological polar surface area (TPSA) is 76.7 Å². The van der Waals surface area contributed by atoms with Crippen LogP contribution in [0.3, 0.4) is 0 Å². The predicted molar refractivity (Wildman–Crippen MR) is 127 cm³/mol. The molecule has 2 heterocycles. The second kappa shape index (κ2) is 9.93. The number of hydrogen-bond acceptors (Lipinski definition) is 7. The van der Waals surface area contributed by atoms with Crippen molar-refractivity contribution in [1.29, 1.82) is 0 Å². The summed E-state index contributed by atoms with van der Waals surface area (Å²) >= 11 is 6.89. The number of halogens is 4. The molecule has 5 nitrogen and oxygen atoms in total. The van der Waals surface area contributed by atoms with Gasteiger partial charge in [-0.25, -0.2) is 15.0 Å². The molecule has 32 heavy (non-hydrogen) atoms. The summed E-state index contributed by atoms with van der Waals surface area (Å²) in [5.41, 5.74) is 4.94. The molecule has 0 unspecified atom stereocenters. The fourth-order valence-corrected chi connectivity index (χ4v) is 4.35. The molecule has 0 fully saturated rings. The molecule has 0 saturated heterocycles. The molecule has 0 saturated carbocycles. The first-order valence-corrected chi connectivity index (χ1v) is 11.3. The number of hydrogen-bond donors (Lipinski definition) is 2. The largest absolute Gasteiger partial charge is 0.446 e. The van der Waals surface area contributed by atoms with Gasteiger partial charge in [-0.15, -0.1) is 0 Å². The summed E-state index contributed by atoms with van der Waals surface area (Å²) in [5.74, 6) is 0.932. The molecule has 0 spiro atoms. The van der Waals surface area contributed by atoms with Crippen LogP contribution in [0.25, 0.3) is 10.3 Å². The van der Waals surface area contributed by atoms with Gasteiger partial charge in [-0.05, 0) is 50.7 Å². The molecule has 0 atom stereocenters. The first-order valence-electron chi connectivity index (χ1n) is 9.26. The van der Waals surface area contributed by atoms with Gasteiger partial charge >= 0.3 is 5.51 Å². The number of anilines is 3. The quantitative estimate of drug-likeness (QED) is 0.289. The molecule has 2 aromatic heterocycles. The van der Waals surface area contributed by atoms with E-state index in [1.807, 2.05) is 0 Å². The first kappa shape index (κ1) is 24.1.